The molecule has 2 N–H and O–H groups in total. The van der Waals surface area contributed by atoms with Crippen LogP contribution in [0, 0.1) is 11.3 Å². The molecule has 1 aliphatic carbocycles. The topological polar surface area (TPSA) is 41.1 Å². The summed E-state index contributed by atoms with van der Waals surface area (Å²) < 4.78 is 0. The van der Waals surface area contributed by atoms with Gasteiger partial charge in [-0.2, -0.15) is 0 Å². The minimum absolute atomic E-state index is 0.255. The van der Waals surface area contributed by atoms with Crippen molar-refractivity contribution in [3.63, 3.8) is 0 Å². The summed E-state index contributed by atoms with van der Waals surface area (Å²) in [6.45, 7) is 6.58. The van der Waals surface area contributed by atoms with E-state index in [2.05, 4.69) is 24.5 Å². The van der Waals surface area contributed by atoms with E-state index in [0.717, 1.165) is 38.8 Å². The molecule has 0 bridgehead atoms. The van der Waals surface area contributed by atoms with Crippen molar-refractivity contribution in [3.05, 3.63) is 0 Å². The Balaban J connectivity index is 1.79. The van der Waals surface area contributed by atoms with Gasteiger partial charge in [0.15, 0.2) is 0 Å². The highest BCUT2D eigenvalue weighted by molar-refractivity contribution is 5.79. The van der Waals surface area contributed by atoms with Gasteiger partial charge in [0.2, 0.25) is 5.91 Å². The van der Waals surface area contributed by atoms with Crippen molar-refractivity contribution < 1.29 is 4.79 Å². The number of carbonyl (C=O) groups excluding carboxylic acids is 1. The Morgan fingerprint density at radius 2 is 1.94 bits per heavy atom. The average molecular weight is 224 g/mol. The first-order valence-electron chi connectivity index (χ1n) is 6.58. The van der Waals surface area contributed by atoms with Crippen LogP contribution < -0.4 is 10.6 Å². The highest BCUT2D eigenvalue weighted by Gasteiger charge is 2.33. The number of rotatable bonds is 2. The van der Waals surface area contributed by atoms with Gasteiger partial charge in [0, 0.05) is 12.0 Å². The molecule has 2 fully saturated rings. The van der Waals surface area contributed by atoms with Crippen molar-refractivity contribution in [2.24, 2.45) is 11.3 Å². The van der Waals surface area contributed by atoms with Crippen LogP contribution in [0.25, 0.3) is 0 Å². The van der Waals surface area contributed by atoms with Crippen molar-refractivity contribution >= 4 is 5.91 Å². The Bertz CT molecular complexity index is 257. The van der Waals surface area contributed by atoms with Gasteiger partial charge in [0.25, 0.3) is 0 Å². The lowest BCUT2D eigenvalue weighted by Gasteiger charge is -2.24. The molecule has 0 radical (unpaired) electrons. The first-order chi connectivity index (χ1) is 7.57. The van der Waals surface area contributed by atoms with Gasteiger partial charge >= 0.3 is 0 Å². The Morgan fingerprint density at radius 3 is 2.50 bits per heavy atom. The first kappa shape index (κ1) is 11.9. The zero-order chi connectivity index (χ0) is 11.6. The molecule has 1 atom stereocenters. The zero-order valence-corrected chi connectivity index (χ0v) is 10.5. The molecule has 1 amide bonds. The SMILES string of the molecule is CC1(C)CCC(NC(=O)C2CCNCC2)C1. The molecular formula is C13H24N2O. The van der Waals surface area contributed by atoms with Gasteiger partial charge in [-0.15, -0.1) is 0 Å². The monoisotopic (exact) mass is 224 g/mol. The van der Waals surface area contributed by atoms with Gasteiger partial charge in [0.05, 0.1) is 0 Å². The van der Waals surface area contributed by atoms with Crippen LogP contribution in [0.15, 0.2) is 0 Å². The summed E-state index contributed by atoms with van der Waals surface area (Å²) in [5.74, 6) is 0.550. The first-order valence-corrected chi connectivity index (χ1v) is 6.58. The van der Waals surface area contributed by atoms with Gasteiger partial charge in [-0.05, 0) is 50.6 Å². The summed E-state index contributed by atoms with van der Waals surface area (Å²) in [4.78, 5) is 12.0. The predicted octanol–water partition coefficient (Wildman–Crippen LogP) is 1.68. The minimum Gasteiger partial charge on any atom is -0.353 e. The number of nitrogens with one attached hydrogen (secondary N) is 2. The van der Waals surface area contributed by atoms with Crippen molar-refractivity contribution in [2.45, 2.75) is 52.0 Å². The van der Waals surface area contributed by atoms with E-state index >= 15 is 0 Å². The third-order valence-electron chi connectivity index (χ3n) is 4.02. The highest BCUT2D eigenvalue weighted by atomic mass is 16.1. The van der Waals surface area contributed by atoms with Crippen LogP contribution in [-0.2, 0) is 4.79 Å². The maximum Gasteiger partial charge on any atom is 0.223 e. The molecule has 0 aromatic rings. The number of hydrogen-bond acceptors (Lipinski definition) is 2. The Hall–Kier alpha value is -0.570. The molecule has 2 aliphatic rings. The van der Waals surface area contributed by atoms with Gasteiger partial charge in [-0.25, -0.2) is 0 Å². The number of hydrogen-bond donors (Lipinski definition) is 2. The smallest absolute Gasteiger partial charge is 0.223 e. The third kappa shape index (κ3) is 2.97. The molecule has 1 heterocycles. The lowest BCUT2D eigenvalue weighted by Crippen LogP contribution is -2.42. The van der Waals surface area contributed by atoms with Crippen LogP contribution in [0.2, 0.25) is 0 Å². The quantitative estimate of drug-likeness (QED) is 0.749. The van der Waals surface area contributed by atoms with Crippen LogP contribution in [0.3, 0.4) is 0 Å². The maximum atomic E-state index is 12.0. The van der Waals surface area contributed by atoms with E-state index in [0.29, 0.717) is 17.4 Å². The number of piperidine rings is 1. The molecule has 2 rings (SSSR count). The third-order valence-corrected chi connectivity index (χ3v) is 4.02. The second kappa shape index (κ2) is 4.74. The van der Waals surface area contributed by atoms with Crippen molar-refractivity contribution in [1.82, 2.24) is 10.6 Å². The summed E-state index contributed by atoms with van der Waals surface area (Å²) in [6.07, 6.45) is 5.54. The van der Waals surface area contributed by atoms with Crippen LogP contribution >= 0.6 is 0 Å². The Morgan fingerprint density at radius 1 is 1.25 bits per heavy atom. The molecule has 1 unspecified atom stereocenters. The lowest BCUT2D eigenvalue weighted by molar-refractivity contribution is -0.126. The Labute approximate surface area is 98.4 Å². The summed E-state index contributed by atoms with van der Waals surface area (Å²) >= 11 is 0. The molecule has 1 saturated carbocycles. The van der Waals surface area contributed by atoms with E-state index in [1.54, 1.807) is 0 Å². The summed E-state index contributed by atoms with van der Waals surface area (Å²) in [5, 5.41) is 6.53. The van der Waals surface area contributed by atoms with Crippen LogP contribution in [0.4, 0.5) is 0 Å². The molecule has 3 nitrogen and oxygen atoms in total. The van der Waals surface area contributed by atoms with Gasteiger partial charge in [0.1, 0.15) is 0 Å². The molecule has 0 spiro atoms. The van der Waals surface area contributed by atoms with E-state index in [1.807, 2.05) is 0 Å². The van der Waals surface area contributed by atoms with Crippen molar-refractivity contribution in [1.29, 1.82) is 0 Å². The second-order valence-electron chi connectivity index (χ2n) is 6.14. The van der Waals surface area contributed by atoms with Gasteiger partial charge in [-0.1, -0.05) is 13.8 Å². The molecule has 3 heteroatoms. The number of amides is 1. The standard InChI is InChI=1S/C13H24N2O/c1-13(2)6-3-11(9-13)15-12(16)10-4-7-14-8-5-10/h10-11,14H,3-9H2,1-2H3,(H,15,16). The molecule has 1 aliphatic heterocycles. The average Bonchev–Trinajstić information content (AvgIpc) is 2.59. The largest absolute Gasteiger partial charge is 0.353 e. The summed E-state index contributed by atoms with van der Waals surface area (Å²) in [6, 6.07) is 0.428. The fraction of sp³-hybridized carbons (Fsp3) is 0.923. The summed E-state index contributed by atoms with van der Waals surface area (Å²) in [7, 11) is 0. The molecular weight excluding hydrogens is 200 g/mol. The maximum absolute atomic E-state index is 12.0. The fourth-order valence-corrected chi connectivity index (χ4v) is 2.96. The van der Waals surface area contributed by atoms with Crippen molar-refractivity contribution in [2.75, 3.05) is 13.1 Å². The fourth-order valence-electron chi connectivity index (χ4n) is 2.96. The zero-order valence-electron chi connectivity index (χ0n) is 10.5. The van der Waals surface area contributed by atoms with Gasteiger partial charge in [-0.3, -0.25) is 4.79 Å². The molecule has 0 aromatic heterocycles. The van der Waals surface area contributed by atoms with E-state index < -0.39 is 0 Å². The molecule has 1 saturated heterocycles. The summed E-state index contributed by atoms with van der Waals surface area (Å²) in [5.41, 5.74) is 0.423. The molecule has 16 heavy (non-hydrogen) atoms. The van der Waals surface area contributed by atoms with E-state index in [9.17, 15) is 4.79 Å². The second-order valence-corrected chi connectivity index (χ2v) is 6.14. The molecule has 92 valence electrons. The van der Waals surface area contributed by atoms with Gasteiger partial charge < -0.3 is 10.6 Å². The minimum atomic E-state index is 0.255. The van der Waals surface area contributed by atoms with Crippen LogP contribution in [0.1, 0.15) is 46.0 Å². The van der Waals surface area contributed by atoms with Crippen LogP contribution in [0.5, 0.6) is 0 Å². The lowest BCUT2D eigenvalue weighted by atomic mass is 9.91. The van der Waals surface area contributed by atoms with Crippen molar-refractivity contribution in [3.8, 4) is 0 Å². The van der Waals surface area contributed by atoms with E-state index in [4.69, 9.17) is 0 Å². The normalized spacial score (nSPS) is 30.2. The Kier molecular flexibility index (Phi) is 3.53. The van der Waals surface area contributed by atoms with Crippen LogP contribution in [-0.4, -0.2) is 25.0 Å². The number of carbonyl (C=O) groups is 1. The van der Waals surface area contributed by atoms with E-state index in [1.165, 1.54) is 6.42 Å². The highest BCUT2D eigenvalue weighted by Crippen LogP contribution is 2.37. The predicted molar refractivity (Wildman–Crippen MR) is 65.2 cm³/mol. The van der Waals surface area contributed by atoms with E-state index in [-0.39, 0.29) is 5.92 Å². The molecule has 0 aromatic carbocycles.